The van der Waals surface area contributed by atoms with Gasteiger partial charge in [0.15, 0.2) is 10.1 Å². The highest BCUT2D eigenvalue weighted by Crippen LogP contribution is 2.35. The molecular formula is C11H10N4O2S2. The highest BCUT2D eigenvalue weighted by molar-refractivity contribution is 8.01. The molecule has 0 aliphatic rings. The summed E-state index contributed by atoms with van der Waals surface area (Å²) in [6.07, 6.45) is 1.58. The summed E-state index contributed by atoms with van der Waals surface area (Å²) in [6.45, 7) is 3.91. The Kier molecular flexibility index (Phi) is 3.34. The molecule has 3 aromatic heterocycles. The lowest BCUT2D eigenvalue weighted by atomic mass is 10.4. The zero-order chi connectivity index (χ0) is 13.2. The maximum atomic E-state index is 5.24. The van der Waals surface area contributed by atoms with Crippen molar-refractivity contribution in [1.29, 1.82) is 0 Å². The predicted molar refractivity (Wildman–Crippen MR) is 70.9 cm³/mol. The van der Waals surface area contributed by atoms with Crippen molar-refractivity contribution in [3.05, 3.63) is 29.3 Å². The van der Waals surface area contributed by atoms with Crippen LogP contribution >= 0.6 is 23.1 Å². The van der Waals surface area contributed by atoms with Gasteiger partial charge in [0.2, 0.25) is 11.7 Å². The van der Waals surface area contributed by atoms with Crippen molar-refractivity contribution in [2.24, 2.45) is 0 Å². The van der Waals surface area contributed by atoms with Crippen LogP contribution in [0.1, 0.15) is 23.1 Å². The molecule has 0 aliphatic heterocycles. The first-order valence-corrected chi connectivity index (χ1v) is 7.26. The van der Waals surface area contributed by atoms with E-state index >= 15 is 0 Å². The first kappa shape index (κ1) is 12.4. The Morgan fingerprint density at radius 1 is 1.37 bits per heavy atom. The minimum Gasteiger partial charge on any atom is -0.461 e. The normalized spacial score (nSPS) is 12.7. The van der Waals surface area contributed by atoms with Gasteiger partial charge in [0.25, 0.3) is 0 Å². The van der Waals surface area contributed by atoms with Gasteiger partial charge in [-0.25, -0.2) is 0 Å². The van der Waals surface area contributed by atoms with E-state index in [0.29, 0.717) is 17.5 Å². The van der Waals surface area contributed by atoms with Crippen molar-refractivity contribution >= 4 is 23.1 Å². The molecule has 0 radical (unpaired) electrons. The Balaban J connectivity index is 1.75. The van der Waals surface area contributed by atoms with Gasteiger partial charge in [-0.15, -0.1) is 10.2 Å². The number of furan rings is 1. The second-order valence-electron chi connectivity index (χ2n) is 3.78. The number of hydrogen-bond donors (Lipinski definition) is 0. The average Bonchev–Trinajstić information content (AvgIpc) is 3.08. The lowest BCUT2D eigenvalue weighted by Crippen LogP contribution is -1.88. The molecule has 1 atom stereocenters. The van der Waals surface area contributed by atoms with Crippen molar-refractivity contribution in [3.63, 3.8) is 0 Å². The van der Waals surface area contributed by atoms with E-state index in [2.05, 4.69) is 20.3 Å². The van der Waals surface area contributed by atoms with E-state index in [0.717, 1.165) is 9.35 Å². The molecule has 0 fully saturated rings. The summed E-state index contributed by atoms with van der Waals surface area (Å²) in [4.78, 5) is 4.32. The molecule has 0 saturated carbocycles. The fourth-order valence-electron chi connectivity index (χ4n) is 1.43. The second-order valence-corrected chi connectivity index (χ2v) is 6.55. The second kappa shape index (κ2) is 5.14. The summed E-state index contributed by atoms with van der Waals surface area (Å²) in [5, 5.41) is 12.9. The lowest BCUT2D eigenvalue weighted by molar-refractivity contribution is 0.379. The van der Waals surface area contributed by atoms with Crippen molar-refractivity contribution in [3.8, 4) is 11.6 Å². The third-order valence-corrected chi connectivity index (χ3v) is 4.33. The van der Waals surface area contributed by atoms with Crippen LogP contribution in [0.2, 0.25) is 0 Å². The topological polar surface area (TPSA) is 77.8 Å². The molecule has 0 amide bonds. The SMILES string of the molecule is Cc1nnc(S[C@@H](C)c2nc(-c3ccco3)no2)s1. The van der Waals surface area contributed by atoms with Gasteiger partial charge in [-0.05, 0) is 26.0 Å². The monoisotopic (exact) mass is 294 g/mol. The van der Waals surface area contributed by atoms with Crippen LogP contribution in [-0.4, -0.2) is 20.3 Å². The Hall–Kier alpha value is -1.67. The smallest absolute Gasteiger partial charge is 0.240 e. The van der Waals surface area contributed by atoms with Crippen molar-refractivity contribution < 1.29 is 8.94 Å². The Bertz CT molecular complexity index is 662. The maximum Gasteiger partial charge on any atom is 0.240 e. The van der Waals surface area contributed by atoms with E-state index in [1.807, 2.05) is 13.8 Å². The zero-order valence-corrected chi connectivity index (χ0v) is 11.9. The average molecular weight is 294 g/mol. The van der Waals surface area contributed by atoms with Crippen LogP contribution in [0.5, 0.6) is 0 Å². The summed E-state index contributed by atoms with van der Waals surface area (Å²) in [5.41, 5.74) is 0. The van der Waals surface area contributed by atoms with Gasteiger partial charge in [0, 0.05) is 0 Å². The highest BCUT2D eigenvalue weighted by atomic mass is 32.2. The zero-order valence-electron chi connectivity index (χ0n) is 10.2. The highest BCUT2D eigenvalue weighted by Gasteiger charge is 2.19. The number of thioether (sulfide) groups is 1. The molecule has 98 valence electrons. The van der Waals surface area contributed by atoms with E-state index < -0.39 is 0 Å². The number of aromatic nitrogens is 4. The number of rotatable bonds is 4. The van der Waals surface area contributed by atoms with Crippen LogP contribution in [0.4, 0.5) is 0 Å². The van der Waals surface area contributed by atoms with Crippen LogP contribution in [0.3, 0.4) is 0 Å². The minimum atomic E-state index is 0.0172. The molecular weight excluding hydrogens is 284 g/mol. The fourth-order valence-corrected chi connectivity index (χ4v) is 3.42. The van der Waals surface area contributed by atoms with E-state index in [1.165, 1.54) is 0 Å². The molecule has 0 unspecified atom stereocenters. The van der Waals surface area contributed by atoms with Gasteiger partial charge < -0.3 is 8.94 Å². The van der Waals surface area contributed by atoms with Crippen LogP contribution in [0.25, 0.3) is 11.6 Å². The Morgan fingerprint density at radius 2 is 2.26 bits per heavy atom. The van der Waals surface area contributed by atoms with Gasteiger partial charge in [0.1, 0.15) is 5.01 Å². The molecule has 0 saturated heterocycles. The molecule has 0 spiro atoms. The van der Waals surface area contributed by atoms with Gasteiger partial charge in [0.05, 0.1) is 11.5 Å². The lowest BCUT2D eigenvalue weighted by Gasteiger charge is -2.00. The standard InChI is InChI=1S/C11H10N4O2S2/c1-6(18-11-14-13-7(2)19-11)10-12-9(15-17-10)8-4-3-5-16-8/h3-6H,1-2H3/t6-/m0/s1. The van der Waals surface area contributed by atoms with Gasteiger partial charge in [-0.1, -0.05) is 28.3 Å². The summed E-state index contributed by atoms with van der Waals surface area (Å²) in [5.74, 6) is 1.60. The van der Waals surface area contributed by atoms with Gasteiger partial charge >= 0.3 is 0 Å². The van der Waals surface area contributed by atoms with E-state index in [4.69, 9.17) is 8.94 Å². The Morgan fingerprint density at radius 3 is 2.95 bits per heavy atom. The van der Waals surface area contributed by atoms with Crippen molar-refractivity contribution in [1.82, 2.24) is 20.3 Å². The summed E-state index contributed by atoms with van der Waals surface area (Å²) in [6, 6.07) is 3.58. The quantitative estimate of drug-likeness (QED) is 0.683. The van der Waals surface area contributed by atoms with Crippen molar-refractivity contribution in [2.45, 2.75) is 23.4 Å². The number of hydrogen-bond acceptors (Lipinski definition) is 8. The molecule has 3 rings (SSSR count). The molecule has 8 heteroatoms. The van der Waals surface area contributed by atoms with E-state index in [9.17, 15) is 0 Å². The molecule has 0 N–H and O–H groups in total. The minimum absolute atomic E-state index is 0.0172. The molecule has 0 aliphatic carbocycles. The predicted octanol–water partition coefficient (Wildman–Crippen LogP) is 3.34. The largest absolute Gasteiger partial charge is 0.461 e. The maximum absolute atomic E-state index is 5.24. The molecule has 0 bridgehead atoms. The molecule has 3 aromatic rings. The summed E-state index contributed by atoms with van der Waals surface area (Å²) >= 11 is 3.09. The number of nitrogens with zero attached hydrogens (tertiary/aromatic N) is 4. The molecule has 6 nitrogen and oxygen atoms in total. The van der Waals surface area contributed by atoms with Crippen LogP contribution < -0.4 is 0 Å². The van der Waals surface area contributed by atoms with Gasteiger partial charge in [-0.2, -0.15) is 4.98 Å². The molecule has 0 aromatic carbocycles. The first-order chi connectivity index (χ1) is 9.22. The van der Waals surface area contributed by atoms with Crippen LogP contribution in [0.15, 0.2) is 31.7 Å². The summed E-state index contributed by atoms with van der Waals surface area (Å²) in [7, 11) is 0. The van der Waals surface area contributed by atoms with Gasteiger partial charge in [-0.3, -0.25) is 0 Å². The summed E-state index contributed by atoms with van der Waals surface area (Å²) < 4.78 is 11.4. The van der Waals surface area contributed by atoms with Crippen molar-refractivity contribution in [2.75, 3.05) is 0 Å². The number of aryl methyl sites for hydroxylation is 1. The third kappa shape index (κ3) is 2.69. The van der Waals surface area contributed by atoms with E-state index in [1.54, 1.807) is 41.5 Å². The van der Waals surface area contributed by atoms with E-state index in [-0.39, 0.29) is 5.25 Å². The molecule has 3 heterocycles. The fraction of sp³-hybridized carbons (Fsp3) is 0.273. The Labute approximate surface area is 117 Å². The molecule has 19 heavy (non-hydrogen) atoms. The third-order valence-electron chi connectivity index (χ3n) is 2.32. The first-order valence-electron chi connectivity index (χ1n) is 5.56. The van der Waals surface area contributed by atoms with Crippen LogP contribution in [0, 0.1) is 6.92 Å². The van der Waals surface area contributed by atoms with Crippen LogP contribution in [-0.2, 0) is 0 Å².